The molecule has 3 unspecified atom stereocenters. The fourth-order valence-electron chi connectivity index (χ4n) is 4.63. The predicted molar refractivity (Wildman–Crippen MR) is 122 cm³/mol. The monoisotopic (exact) mass is 378 g/mol. The van der Waals surface area contributed by atoms with E-state index >= 15 is 0 Å². The summed E-state index contributed by atoms with van der Waals surface area (Å²) >= 11 is 0. The summed E-state index contributed by atoms with van der Waals surface area (Å²) in [4.78, 5) is 0. The van der Waals surface area contributed by atoms with Gasteiger partial charge in [-0.05, 0) is 84.6 Å². The van der Waals surface area contributed by atoms with E-state index in [0.717, 1.165) is 24.2 Å². The molecular formula is C25H50N2. The van der Waals surface area contributed by atoms with Crippen LogP contribution in [0.15, 0.2) is 11.6 Å². The second kappa shape index (κ2) is 11.6. The first-order valence-electron chi connectivity index (χ1n) is 11.8. The van der Waals surface area contributed by atoms with Gasteiger partial charge in [-0.2, -0.15) is 0 Å². The molecule has 3 N–H and O–H groups in total. The highest BCUT2D eigenvalue weighted by Crippen LogP contribution is 2.37. The van der Waals surface area contributed by atoms with Crippen LogP contribution < -0.4 is 11.1 Å². The van der Waals surface area contributed by atoms with Crippen LogP contribution in [0.3, 0.4) is 0 Å². The van der Waals surface area contributed by atoms with E-state index in [1.165, 1.54) is 64.2 Å². The second-order valence-electron chi connectivity index (χ2n) is 10.6. The van der Waals surface area contributed by atoms with Gasteiger partial charge in [-0.15, -0.1) is 0 Å². The molecule has 2 heteroatoms. The summed E-state index contributed by atoms with van der Waals surface area (Å²) in [5.74, 6) is 2.61. The predicted octanol–water partition coefficient (Wildman–Crippen LogP) is 6.84. The SMILES string of the molecule is CCCC(CCCCCC1CC=C(C(C)(C)NC)CC1C)CCC(C)(C)N. The van der Waals surface area contributed by atoms with Gasteiger partial charge >= 0.3 is 0 Å². The Kier molecular flexibility index (Phi) is 10.6. The topological polar surface area (TPSA) is 38.0 Å². The average Bonchev–Trinajstić information content (AvgIpc) is 2.59. The Labute approximate surface area is 171 Å². The first kappa shape index (κ1) is 24.7. The van der Waals surface area contributed by atoms with Gasteiger partial charge < -0.3 is 11.1 Å². The molecule has 0 radical (unpaired) electrons. The highest BCUT2D eigenvalue weighted by Gasteiger charge is 2.29. The number of rotatable bonds is 13. The lowest BCUT2D eigenvalue weighted by atomic mass is 9.73. The molecule has 3 atom stereocenters. The Hall–Kier alpha value is -0.340. The fraction of sp³-hybridized carbons (Fsp3) is 0.920. The van der Waals surface area contributed by atoms with E-state index in [-0.39, 0.29) is 11.1 Å². The Morgan fingerprint density at radius 2 is 1.81 bits per heavy atom. The van der Waals surface area contributed by atoms with Crippen molar-refractivity contribution in [3.63, 3.8) is 0 Å². The van der Waals surface area contributed by atoms with E-state index in [9.17, 15) is 0 Å². The van der Waals surface area contributed by atoms with Gasteiger partial charge in [0.15, 0.2) is 0 Å². The van der Waals surface area contributed by atoms with Crippen LogP contribution in [0.5, 0.6) is 0 Å². The number of nitrogens with two attached hydrogens (primary N) is 1. The van der Waals surface area contributed by atoms with E-state index < -0.39 is 0 Å². The largest absolute Gasteiger partial charge is 0.326 e. The van der Waals surface area contributed by atoms with E-state index in [1.54, 1.807) is 5.57 Å². The molecule has 2 nitrogen and oxygen atoms in total. The van der Waals surface area contributed by atoms with Crippen molar-refractivity contribution in [1.82, 2.24) is 5.32 Å². The van der Waals surface area contributed by atoms with Crippen LogP contribution in [0.25, 0.3) is 0 Å². The van der Waals surface area contributed by atoms with Gasteiger partial charge in [-0.1, -0.05) is 64.0 Å². The Morgan fingerprint density at radius 1 is 1.11 bits per heavy atom. The first-order chi connectivity index (χ1) is 12.6. The molecule has 1 rings (SSSR count). The third-order valence-corrected chi connectivity index (χ3v) is 7.02. The van der Waals surface area contributed by atoms with Gasteiger partial charge in [-0.3, -0.25) is 0 Å². The second-order valence-corrected chi connectivity index (χ2v) is 10.6. The van der Waals surface area contributed by atoms with Gasteiger partial charge in [0.25, 0.3) is 0 Å². The standard InChI is InChI=1S/C25H50N2/c1-8-12-21(17-18-24(3,4)26)13-10-9-11-14-22-15-16-23(19-20(22)2)25(5,6)27-7/h16,20-22,27H,8-15,17-19,26H2,1-7H3. The molecule has 0 aromatic heterocycles. The van der Waals surface area contributed by atoms with Crippen molar-refractivity contribution in [2.75, 3.05) is 7.05 Å². The maximum atomic E-state index is 6.19. The minimum Gasteiger partial charge on any atom is -0.326 e. The minimum atomic E-state index is -0.00263. The lowest BCUT2D eigenvalue weighted by Crippen LogP contribution is -2.40. The Balaban J connectivity index is 2.29. The Bertz CT molecular complexity index is 430. The normalized spacial score (nSPS) is 22.6. The van der Waals surface area contributed by atoms with Crippen molar-refractivity contribution in [1.29, 1.82) is 0 Å². The van der Waals surface area contributed by atoms with Gasteiger partial charge in [-0.25, -0.2) is 0 Å². The van der Waals surface area contributed by atoms with Crippen LogP contribution >= 0.6 is 0 Å². The van der Waals surface area contributed by atoms with Crippen molar-refractivity contribution in [3.05, 3.63) is 11.6 Å². The van der Waals surface area contributed by atoms with Crippen molar-refractivity contribution in [3.8, 4) is 0 Å². The molecule has 0 bridgehead atoms. The number of allylic oxidation sites excluding steroid dienone is 1. The van der Waals surface area contributed by atoms with Crippen molar-refractivity contribution >= 4 is 0 Å². The number of unbranched alkanes of at least 4 members (excludes halogenated alkanes) is 2. The third-order valence-electron chi connectivity index (χ3n) is 7.02. The molecule has 160 valence electrons. The van der Waals surface area contributed by atoms with E-state index in [4.69, 9.17) is 5.73 Å². The molecule has 0 saturated carbocycles. The molecule has 0 fully saturated rings. The molecule has 0 aromatic carbocycles. The van der Waals surface area contributed by atoms with E-state index in [0.29, 0.717) is 0 Å². The van der Waals surface area contributed by atoms with Crippen LogP contribution in [0.2, 0.25) is 0 Å². The molecule has 1 aliphatic carbocycles. The summed E-state index contributed by atoms with van der Waals surface area (Å²) in [5, 5.41) is 3.47. The summed E-state index contributed by atoms with van der Waals surface area (Å²) in [6.07, 6.45) is 17.3. The molecule has 1 aliphatic rings. The molecule has 0 aliphatic heterocycles. The molecule has 0 spiro atoms. The molecule has 0 aromatic rings. The van der Waals surface area contributed by atoms with Gasteiger partial charge in [0.2, 0.25) is 0 Å². The van der Waals surface area contributed by atoms with E-state index in [1.807, 2.05) is 0 Å². The van der Waals surface area contributed by atoms with Crippen LogP contribution in [0, 0.1) is 17.8 Å². The fourth-order valence-corrected chi connectivity index (χ4v) is 4.63. The number of likely N-dealkylation sites (N-methyl/N-ethyl adjacent to an activating group) is 1. The quantitative estimate of drug-likeness (QED) is 0.272. The minimum absolute atomic E-state index is 0.00263. The summed E-state index contributed by atoms with van der Waals surface area (Å²) in [6, 6.07) is 0. The van der Waals surface area contributed by atoms with Crippen LogP contribution in [0.1, 0.15) is 112 Å². The molecular weight excluding hydrogens is 328 g/mol. The highest BCUT2D eigenvalue weighted by atomic mass is 14.9. The zero-order valence-electron chi connectivity index (χ0n) is 19.7. The third kappa shape index (κ3) is 9.61. The summed E-state index contributed by atoms with van der Waals surface area (Å²) in [7, 11) is 2.08. The van der Waals surface area contributed by atoms with Gasteiger partial charge in [0.1, 0.15) is 0 Å². The molecule has 0 saturated heterocycles. The number of hydrogen-bond acceptors (Lipinski definition) is 2. The zero-order valence-corrected chi connectivity index (χ0v) is 19.7. The van der Waals surface area contributed by atoms with Crippen LogP contribution in [-0.2, 0) is 0 Å². The summed E-state index contributed by atoms with van der Waals surface area (Å²) < 4.78 is 0. The summed E-state index contributed by atoms with van der Waals surface area (Å²) in [6.45, 7) is 13.7. The number of nitrogens with one attached hydrogen (secondary N) is 1. The lowest BCUT2D eigenvalue weighted by Gasteiger charge is -2.36. The molecule has 27 heavy (non-hydrogen) atoms. The van der Waals surface area contributed by atoms with Crippen molar-refractivity contribution < 1.29 is 0 Å². The maximum absolute atomic E-state index is 6.19. The molecule has 0 amide bonds. The Morgan fingerprint density at radius 3 is 2.37 bits per heavy atom. The smallest absolute Gasteiger partial charge is 0.0334 e. The van der Waals surface area contributed by atoms with Gasteiger partial charge in [0.05, 0.1) is 0 Å². The first-order valence-corrected chi connectivity index (χ1v) is 11.8. The van der Waals surface area contributed by atoms with Crippen molar-refractivity contribution in [2.24, 2.45) is 23.5 Å². The van der Waals surface area contributed by atoms with Crippen LogP contribution in [-0.4, -0.2) is 18.1 Å². The molecule has 0 heterocycles. The van der Waals surface area contributed by atoms with Crippen LogP contribution in [0.4, 0.5) is 0 Å². The summed E-state index contributed by atoms with van der Waals surface area (Å²) in [5.41, 5.74) is 7.95. The number of hydrogen-bond donors (Lipinski definition) is 2. The highest BCUT2D eigenvalue weighted by molar-refractivity contribution is 5.20. The lowest BCUT2D eigenvalue weighted by molar-refractivity contribution is 0.287. The zero-order chi connectivity index (χ0) is 20.5. The van der Waals surface area contributed by atoms with Gasteiger partial charge in [0, 0.05) is 11.1 Å². The van der Waals surface area contributed by atoms with E-state index in [2.05, 4.69) is 60.0 Å². The van der Waals surface area contributed by atoms with Crippen molar-refractivity contribution in [2.45, 2.75) is 123 Å². The maximum Gasteiger partial charge on any atom is 0.0334 e. The average molecular weight is 379 g/mol.